The minimum absolute atomic E-state index is 0.425. The molecule has 18 heavy (non-hydrogen) atoms. The fourth-order valence-corrected chi connectivity index (χ4v) is 0.862. The van der Waals surface area contributed by atoms with Crippen molar-refractivity contribution >= 4 is 23.4 Å². The average molecular weight is 254 g/mol. The third-order valence-corrected chi connectivity index (χ3v) is 1.74. The lowest BCUT2D eigenvalue weighted by molar-refractivity contribution is -0.149. The van der Waals surface area contributed by atoms with Crippen LogP contribution in [0.5, 0.6) is 0 Å². The minimum Gasteiger partial charge on any atom is -0.481 e. The van der Waals surface area contributed by atoms with Crippen molar-refractivity contribution in [1.82, 2.24) is 0 Å². The molecule has 1 aromatic carbocycles. The first-order chi connectivity index (χ1) is 8.47. The van der Waals surface area contributed by atoms with Gasteiger partial charge in [-0.05, 0) is 12.1 Å². The van der Waals surface area contributed by atoms with Gasteiger partial charge in [0.1, 0.15) is 0 Å². The molecule has 0 amide bonds. The number of nitrogens with one attached hydrogen (secondary N) is 1. The van der Waals surface area contributed by atoms with Crippen LogP contribution >= 0.6 is 0 Å². The van der Waals surface area contributed by atoms with Crippen LogP contribution in [0.15, 0.2) is 30.3 Å². The molecule has 0 saturated carbocycles. The highest BCUT2D eigenvalue weighted by atomic mass is 16.4. The lowest BCUT2D eigenvalue weighted by atomic mass is 10.2. The molecule has 1 rings (SSSR count). The monoisotopic (exact) mass is 254 g/mol. The quantitative estimate of drug-likeness (QED) is 0.341. The summed E-state index contributed by atoms with van der Waals surface area (Å²) in [5.41, 5.74) is 3.46. The molecule has 0 aromatic heterocycles. The van der Waals surface area contributed by atoms with E-state index in [2.05, 4.69) is 5.43 Å². The Labute approximate surface area is 103 Å². The second-order valence-corrected chi connectivity index (χ2v) is 3.13. The van der Waals surface area contributed by atoms with E-state index in [1.165, 1.54) is 0 Å². The van der Waals surface area contributed by atoms with Crippen LogP contribution in [0.3, 0.4) is 0 Å². The zero-order chi connectivity index (χ0) is 14.0. The molecule has 0 atom stereocenters. The molecule has 0 heterocycles. The Morgan fingerprint density at radius 3 is 1.94 bits per heavy atom. The molecule has 98 valence electrons. The first-order valence-corrected chi connectivity index (χ1v) is 4.97. The summed E-state index contributed by atoms with van der Waals surface area (Å²) in [6.45, 7) is 0. The molecule has 5 N–H and O–H groups in total. The van der Waals surface area contributed by atoms with Gasteiger partial charge in [0.2, 0.25) is 5.78 Å². The van der Waals surface area contributed by atoms with Gasteiger partial charge in [-0.25, -0.2) is 4.79 Å². The maximum atomic E-state index is 10.2. The van der Waals surface area contributed by atoms with Gasteiger partial charge in [-0.15, -0.1) is 0 Å². The maximum absolute atomic E-state index is 10.2. The van der Waals surface area contributed by atoms with E-state index in [-0.39, 0.29) is 0 Å². The first kappa shape index (κ1) is 15.6. The van der Waals surface area contributed by atoms with E-state index >= 15 is 0 Å². The van der Waals surface area contributed by atoms with Crippen LogP contribution in [0.2, 0.25) is 0 Å². The second kappa shape index (κ2) is 8.71. The normalized spacial score (nSPS) is 8.72. The SMILES string of the molecule is NNc1ccccc1.O=C(O)CCC(=O)C(=O)O. The van der Waals surface area contributed by atoms with Gasteiger partial charge in [0.25, 0.3) is 0 Å². The van der Waals surface area contributed by atoms with Gasteiger partial charge in [-0.1, -0.05) is 18.2 Å². The number of nitrogen functional groups attached to an aromatic ring is 1. The average Bonchev–Trinajstić information content (AvgIpc) is 2.37. The third-order valence-electron chi connectivity index (χ3n) is 1.74. The summed E-state index contributed by atoms with van der Waals surface area (Å²) in [5.74, 6) is 1.28. The Morgan fingerprint density at radius 2 is 1.61 bits per heavy atom. The van der Waals surface area contributed by atoms with Gasteiger partial charge in [0.05, 0.1) is 6.42 Å². The molecule has 7 nitrogen and oxygen atoms in total. The Bertz CT molecular complexity index is 405. The number of hydrogen-bond donors (Lipinski definition) is 4. The number of hydrazine groups is 1. The fraction of sp³-hybridized carbons (Fsp3) is 0.182. The number of anilines is 1. The molecular weight excluding hydrogens is 240 g/mol. The van der Waals surface area contributed by atoms with Crippen molar-refractivity contribution in [2.45, 2.75) is 12.8 Å². The smallest absolute Gasteiger partial charge is 0.372 e. The van der Waals surface area contributed by atoms with E-state index < -0.39 is 30.6 Å². The van der Waals surface area contributed by atoms with E-state index in [1.54, 1.807) is 0 Å². The zero-order valence-electron chi connectivity index (χ0n) is 9.50. The largest absolute Gasteiger partial charge is 0.481 e. The first-order valence-electron chi connectivity index (χ1n) is 4.97. The Balaban J connectivity index is 0.000000327. The van der Waals surface area contributed by atoms with Crippen LogP contribution in [-0.4, -0.2) is 27.9 Å². The number of carboxylic acid groups (broad SMARTS) is 2. The number of Topliss-reactive ketones (excluding diaryl/α,β-unsaturated/α-hetero) is 1. The number of aliphatic carboxylic acids is 2. The molecule has 0 fully saturated rings. The summed E-state index contributed by atoms with van der Waals surface area (Å²) in [6.07, 6.45) is -0.865. The number of ketones is 1. The predicted molar refractivity (Wildman–Crippen MR) is 63.8 cm³/mol. The summed E-state index contributed by atoms with van der Waals surface area (Å²) in [6, 6.07) is 9.60. The summed E-state index contributed by atoms with van der Waals surface area (Å²) in [5, 5.41) is 16.0. The lowest BCUT2D eigenvalue weighted by Gasteiger charge is -1.94. The molecule has 1 aromatic rings. The zero-order valence-corrected chi connectivity index (χ0v) is 9.50. The van der Waals surface area contributed by atoms with E-state index in [4.69, 9.17) is 16.1 Å². The van der Waals surface area contributed by atoms with Crippen LogP contribution < -0.4 is 11.3 Å². The van der Waals surface area contributed by atoms with E-state index in [9.17, 15) is 14.4 Å². The maximum Gasteiger partial charge on any atom is 0.372 e. The van der Waals surface area contributed by atoms with Gasteiger partial charge >= 0.3 is 11.9 Å². The van der Waals surface area contributed by atoms with Crippen LogP contribution in [0.4, 0.5) is 5.69 Å². The fourth-order valence-electron chi connectivity index (χ4n) is 0.862. The van der Waals surface area contributed by atoms with Crippen LogP contribution in [-0.2, 0) is 14.4 Å². The summed E-state index contributed by atoms with van der Waals surface area (Å²) in [4.78, 5) is 29.7. The molecule has 0 spiro atoms. The number of nitrogens with two attached hydrogens (primary N) is 1. The molecule has 0 radical (unpaired) electrons. The van der Waals surface area contributed by atoms with Crippen molar-refractivity contribution in [3.63, 3.8) is 0 Å². The highest BCUT2D eigenvalue weighted by molar-refractivity contribution is 6.32. The second-order valence-electron chi connectivity index (χ2n) is 3.13. The number of carbonyl (C=O) groups is 3. The van der Waals surface area contributed by atoms with Gasteiger partial charge in [-0.3, -0.25) is 15.4 Å². The molecular formula is C11H14N2O5. The lowest BCUT2D eigenvalue weighted by Crippen LogP contribution is -2.13. The van der Waals surface area contributed by atoms with Gasteiger partial charge < -0.3 is 15.6 Å². The minimum atomic E-state index is -1.58. The topological polar surface area (TPSA) is 130 Å². The van der Waals surface area contributed by atoms with Gasteiger partial charge in [-0.2, -0.15) is 0 Å². The standard InChI is InChI=1S/C6H8N2.C5H6O5/c7-8-6-4-2-1-3-5-6;6-3(5(9)10)1-2-4(7)8/h1-5,8H,7H2;1-2H2,(H,7,8)(H,9,10). The highest BCUT2D eigenvalue weighted by Crippen LogP contribution is 2.00. The van der Waals surface area contributed by atoms with Crippen LogP contribution in [0, 0.1) is 0 Å². The van der Waals surface area contributed by atoms with Gasteiger partial charge in [0.15, 0.2) is 0 Å². The molecule has 0 aliphatic heterocycles. The number of rotatable bonds is 5. The Morgan fingerprint density at radius 1 is 1.06 bits per heavy atom. The molecule has 0 bridgehead atoms. The number of carboxylic acids is 2. The summed E-state index contributed by atoms with van der Waals surface area (Å²) in [7, 11) is 0. The van der Waals surface area contributed by atoms with Crippen molar-refractivity contribution < 1.29 is 24.6 Å². The molecule has 0 aliphatic rings. The Kier molecular flexibility index (Phi) is 7.54. The van der Waals surface area contributed by atoms with Crippen molar-refractivity contribution in [3.8, 4) is 0 Å². The number of para-hydroxylation sites is 1. The van der Waals surface area contributed by atoms with E-state index in [0.29, 0.717) is 0 Å². The number of hydrogen-bond acceptors (Lipinski definition) is 5. The molecule has 7 heteroatoms. The number of benzene rings is 1. The molecule has 0 aliphatic carbocycles. The predicted octanol–water partition coefficient (Wildman–Crippen LogP) is 0.477. The highest BCUT2D eigenvalue weighted by Gasteiger charge is 2.12. The number of carbonyl (C=O) groups excluding carboxylic acids is 1. The molecule has 0 saturated heterocycles. The van der Waals surface area contributed by atoms with E-state index in [0.717, 1.165) is 5.69 Å². The van der Waals surface area contributed by atoms with Crippen molar-refractivity contribution in [3.05, 3.63) is 30.3 Å². The summed E-state index contributed by atoms with van der Waals surface area (Å²) >= 11 is 0. The third kappa shape index (κ3) is 7.83. The van der Waals surface area contributed by atoms with Crippen LogP contribution in [0.25, 0.3) is 0 Å². The van der Waals surface area contributed by atoms with Gasteiger partial charge in [0, 0.05) is 12.1 Å². The van der Waals surface area contributed by atoms with Crippen molar-refractivity contribution in [1.29, 1.82) is 0 Å². The Hall–Kier alpha value is -2.41. The van der Waals surface area contributed by atoms with E-state index in [1.807, 2.05) is 30.3 Å². The van der Waals surface area contributed by atoms with Crippen molar-refractivity contribution in [2.75, 3.05) is 5.43 Å². The van der Waals surface area contributed by atoms with Crippen molar-refractivity contribution in [2.24, 2.45) is 5.84 Å². The van der Waals surface area contributed by atoms with Crippen LogP contribution in [0.1, 0.15) is 12.8 Å². The summed E-state index contributed by atoms with van der Waals surface area (Å²) < 4.78 is 0. The molecule has 0 unspecified atom stereocenters.